The van der Waals surface area contributed by atoms with Crippen LogP contribution >= 0.6 is 0 Å². The van der Waals surface area contributed by atoms with E-state index in [-0.39, 0.29) is 16.5 Å². The molecule has 0 radical (unpaired) electrons. The van der Waals surface area contributed by atoms with Gasteiger partial charge < -0.3 is 0 Å². The largest absolute Gasteiger partial charge is 0.283 e. The first-order valence-corrected chi connectivity index (χ1v) is 6.16. The van der Waals surface area contributed by atoms with E-state index in [4.69, 9.17) is 5.26 Å². The molecule has 2 aromatic rings. The van der Waals surface area contributed by atoms with E-state index in [1.807, 2.05) is 30.3 Å². The standard InChI is InChI=1S/C16H16N2O/c1-16(2,3)13-6-8-14(9-7-13)18-10-4-5-12(11-17)15(18)19/h4-10H,1-3H3. The molecule has 96 valence electrons. The van der Waals surface area contributed by atoms with Crippen molar-refractivity contribution >= 4 is 0 Å². The molecule has 0 amide bonds. The topological polar surface area (TPSA) is 45.8 Å². The van der Waals surface area contributed by atoms with Crippen LogP contribution in [0.25, 0.3) is 5.69 Å². The molecule has 1 aromatic heterocycles. The second-order valence-corrected chi connectivity index (χ2v) is 5.51. The van der Waals surface area contributed by atoms with Gasteiger partial charge in [0.1, 0.15) is 11.6 Å². The van der Waals surface area contributed by atoms with Gasteiger partial charge in [-0.15, -0.1) is 0 Å². The Morgan fingerprint density at radius 3 is 2.26 bits per heavy atom. The van der Waals surface area contributed by atoms with E-state index in [0.29, 0.717) is 0 Å². The van der Waals surface area contributed by atoms with Crippen molar-refractivity contribution in [2.45, 2.75) is 26.2 Å². The number of pyridine rings is 1. The van der Waals surface area contributed by atoms with Crippen molar-refractivity contribution in [2.75, 3.05) is 0 Å². The molecule has 2 rings (SSSR count). The maximum atomic E-state index is 12.0. The third kappa shape index (κ3) is 2.58. The number of nitrogens with zero attached hydrogens (tertiary/aromatic N) is 2. The predicted molar refractivity (Wildman–Crippen MR) is 75.5 cm³/mol. The fourth-order valence-electron chi connectivity index (χ4n) is 1.90. The van der Waals surface area contributed by atoms with Crippen molar-refractivity contribution in [1.29, 1.82) is 5.26 Å². The van der Waals surface area contributed by atoms with Gasteiger partial charge in [-0.1, -0.05) is 32.9 Å². The van der Waals surface area contributed by atoms with Gasteiger partial charge in [0.2, 0.25) is 0 Å². The highest BCUT2D eigenvalue weighted by molar-refractivity contribution is 5.39. The summed E-state index contributed by atoms with van der Waals surface area (Å²) in [6, 6.07) is 13.0. The van der Waals surface area contributed by atoms with Gasteiger partial charge in [0.15, 0.2) is 0 Å². The molecule has 1 aromatic carbocycles. The van der Waals surface area contributed by atoms with Crippen LogP contribution in [-0.4, -0.2) is 4.57 Å². The summed E-state index contributed by atoms with van der Waals surface area (Å²) in [5.74, 6) is 0. The zero-order chi connectivity index (χ0) is 14.0. The minimum Gasteiger partial charge on any atom is -0.283 e. The molecule has 0 fully saturated rings. The SMILES string of the molecule is CC(C)(C)c1ccc(-n2cccc(C#N)c2=O)cc1. The monoisotopic (exact) mass is 252 g/mol. The molecular formula is C16H16N2O. The van der Waals surface area contributed by atoms with Gasteiger partial charge in [-0.3, -0.25) is 9.36 Å². The van der Waals surface area contributed by atoms with Crippen LogP contribution in [0.2, 0.25) is 0 Å². The minimum atomic E-state index is -0.284. The Morgan fingerprint density at radius 2 is 1.74 bits per heavy atom. The Kier molecular flexibility index (Phi) is 3.26. The second-order valence-electron chi connectivity index (χ2n) is 5.51. The highest BCUT2D eigenvalue weighted by Crippen LogP contribution is 2.22. The molecule has 0 aliphatic heterocycles. The quantitative estimate of drug-likeness (QED) is 0.783. The molecule has 3 heteroatoms. The molecule has 1 heterocycles. The van der Waals surface area contributed by atoms with Gasteiger partial charge in [-0.05, 0) is 35.2 Å². The van der Waals surface area contributed by atoms with Crippen LogP contribution in [0.4, 0.5) is 0 Å². The Hall–Kier alpha value is -2.34. The average molecular weight is 252 g/mol. The molecule has 0 N–H and O–H groups in total. The van der Waals surface area contributed by atoms with Gasteiger partial charge in [-0.2, -0.15) is 5.26 Å². The third-order valence-corrected chi connectivity index (χ3v) is 3.08. The normalized spacial score (nSPS) is 11.1. The van der Waals surface area contributed by atoms with Gasteiger partial charge in [0.25, 0.3) is 5.56 Å². The molecule has 0 unspecified atom stereocenters. The van der Waals surface area contributed by atoms with Gasteiger partial charge in [-0.25, -0.2) is 0 Å². The zero-order valence-electron chi connectivity index (χ0n) is 11.3. The number of nitriles is 1. The summed E-state index contributed by atoms with van der Waals surface area (Å²) in [5.41, 5.74) is 1.93. The molecule has 0 spiro atoms. The van der Waals surface area contributed by atoms with E-state index in [2.05, 4.69) is 20.8 Å². The van der Waals surface area contributed by atoms with Gasteiger partial charge in [0.05, 0.1) is 0 Å². The van der Waals surface area contributed by atoms with Gasteiger partial charge in [0, 0.05) is 11.9 Å². The van der Waals surface area contributed by atoms with Crippen molar-refractivity contribution < 1.29 is 0 Å². The summed E-state index contributed by atoms with van der Waals surface area (Å²) < 4.78 is 1.49. The second kappa shape index (κ2) is 4.74. The van der Waals surface area contributed by atoms with Crippen molar-refractivity contribution in [3.05, 3.63) is 64.1 Å². The van der Waals surface area contributed by atoms with E-state index >= 15 is 0 Å². The van der Waals surface area contributed by atoms with E-state index in [9.17, 15) is 4.79 Å². The minimum absolute atomic E-state index is 0.0813. The molecule has 3 nitrogen and oxygen atoms in total. The van der Waals surface area contributed by atoms with Crippen LogP contribution in [0.15, 0.2) is 47.4 Å². The molecule has 19 heavy (non-hydrogen) atoms. The molecule has 0 saturated carbocycles. The molecule has 0 bridgehead atoms. The van der Waals surface area contributed by atoms with Crippen LogP contribution in [0.3, 0.4) is 0 Å². The van der Waals surface area contributed by atoms with E-state index in [0.717, 1.165) is 5.69 Å². The summed E-state index contributed by atoms with van der Waals surface area (Å²) >= 11 is 0. The van der Waals surface area contributed by atoms with Crippen LogP contribution < -0.4 is 5.56 Å². The van der Waals surface area contributed by atoms with Gasteiger partial charge >= 0.3 is 0 Å². The highest BCUT2D eigenvalue weighted by Gasteiger charge is 2.13. The maximum Gasteiger partial charge on any atom is 0.272 e. The summed E-state index contributed by atoms with van der Waals surface area (Å²) in [5, 5.41) is 8.88. The number of hydrogen-bond acceptors (Lipinski definition) is 2. The molecule has 0 saturated heterocycles. The van der Waals surface area contributed by atoms with Crippen LogP contribution in [0, 0.1) is 11.3 Å². The van der Waals surface area contributed by atoms with Crippen molar-refractivity contribution in [2.24, 2.45) is 0 Å². The highest BCUT2D eigenvalue weighted by atomic mass is 16.1. The lowest BCUT2D eigenvalue weighted by Gasteiger charge is -2.19. The van der Waals surface area contributed by atoms with Crippen molar-refractivity contribution in [3.8, 4) is 11.8 Å². The summed E-state index contributed by atoms with van der Waals surface area (Å²) in [6.07, 6.45) is 1.68. The first kappa shape index (κ1) is 13.1. The first-order chi connectivity index (χ1) is 8.93. The smallest absolute Gasteiger partial charge is 0.272 e. The van der Waals surface area contributed by atoms with Crippen molar-refractivity contribution in [3.63, 3.8) is 0 Å². The fourth-order valence-corrected chi connectivity index (χ4v) is 1.90. The number of benzene rings is 1. The Balaban J connectivity index is 2.50. The lowest BCUT2D eigenvalue weighted by atomic mass is 9.87. The zero-order valence-corrected chi connectivity index (χ0v) is 11.3. The fraction of sp³-hybridized carbons (Fsp3) is 0.250. The molecule has 0 aliphatic carbocycles. The van der Waals surface area contributed by atoms with Crippen LogP contribution in [0.5, 0.6) is 0 Å². The molecule has 0 aliphatic rings. The lowest BCUT2D eigenvalue weighted by molar-refractivity contribution is 0.590. The Morgan fingerprint density at radius 1 is 1.11 bits per heavy atom. The first-order valence-electron chi connectivity index (χ1n) is 6.16. The lowest BCUT2D eigenvalue weighted by Crippen LogP contribution is -2.20. The average Bonchev–Trinajstić information content (AvgIpc) is 2.38. The number of rotatable bonds is 1. The number of aromatic nitrogens is 1. The molecular weight excluding hydrogens is 236 g/mol. The Bertz CT molecular complexity index is 682. The van der Waals surface area contributed by atoms with E-state index in [1.54, 1.807) is 12.3 Å². The molecule has 0 atom stereocenters. The maximum absolute atomic E-state index is 12.0. The number of hydrogen-bond donors (Lipinski definition) is 0. The van der Waals surface area contributed by atoms with Crippen LogP contribution in [0.1, 0.15) is 31.9 Å². The summed E-state index contributed by atoms with van der Waals surface area (Å²) in [6.45, 7) is 6.43. The summed E-state index contributed by atoms with van der Waals surface area (Å²) in [4.78, 5) is 12.0. The van der Waals surface area contributed by atoms with Crippen LogP contribution in [-0.2, 0) is 5.41 Å². The Labute approximate surface area is 112 Å². The predicted octanol–water partition coefficient (Wildman–Crippen LogP) is 3.01. The van der Waals surface area contributed by atoms with E-state index in [1.165, 1.54) is 16.2 Å². The van der Waals surface area contributed by atoms with Crippen molar-refractivity contribution in [1.82, 2.24) is 4.57 Å². The summed E-state index contributed by atoms with van der Waals surface area (Å²) in [7, 11) is 0. The third-order valence-electron chi connectivity index (χ3n) is 3.08. The van der Waals surface area contributed by atoms with E-state index < -0.39 is 0 Å².